The fourth-order valence-corrected chi connectivity index (χ4v) is 4.84. The summed E-state index contributed by atoms with van der Waals surface area (Å²) in [6, 6.07) is 3.12. The van der Waals surface area contributed by atoms with Crippen molar-refractivity contribution >= 4 is 57.8 Å². The molecule has 17 nitrogen and oxygen atoms in total. The molecule has 0 aromatic heterocycles. The average Bonchev–Trinajstić information content (AvgIpc) is 3.27. The number of imide groups is 1. The maximum absolute atomic E-state index is 13.3. The van der Waals surface area contributed by atoms with Gasteiger partial charge in [0.2, 0.25) is 17.7 Å². The molecule has 3 atom stereocenters. The Labute approximate surface area is 259 Å². The van der Waals surface area contributed by atoms with Gasteiger partial charge in [0.05, 0.1) is 0 Å². The number of anilines is 1. The van der Waals surface area contributed by atoms with Crippen LogP contribution in [0.1, 0.15) is 38.7 Å². The third-order valence-corrected chi connectivity index (χ3v) is 7.69. The summed E-state index contributed by atoms with van der Waals surface area (Å²) in [5.41, 5.74) is 6.09. The first-order valence-corrected chi connectivity index (χ1v) is 15.2. The lowest BCUT2D eigenvalue weighted by molar-refractivity contribution is -0.137. The fourth-order valence-electron chi connectivity index (χ4n) is 4.14. The minimum Gasteiger partial charge on any atom is -0.463 e. The van der Waals surface area contributed by atoms with Crippen LogP contribution in [0.25, 0.3) is 0 Å². The first kappa shape index (κ1) is 36.4. The number of carbonyl (C=O) groups is 7. The van der Waals surface area contributed by atoms with Crippen molar-refractivity contribution in [3.05, 3.63) is 42.0 Å². The molecule has 1 aliphatic rings. The van der Waals surface area contributed by atoms with E-state index in [-0.39, 0.29) is 26.0 Å². The lowest BCUT2D eigenvalue weighted by Gasteiger charge is -2.26. The van der Waals surface area contributed by atoms with Crippen molar-refractivity contribution in [2.24, 2.45) is 11.7 Å². The van der Waals surface area contributed by atoms with Gasteiger partial charge in [-0.25, -0.2) is 4.79 Å². The van der Waals surface area contributed by atoms with E-state index in [2.05, 4.69) is 26.0 Å². The van der Waals surface area contributed by atoms with E-state index in [0.29, 0.717) is 22.6 Å². The quantitative estimate of drug-likeness (QED) is 0.0482. The number of carbonyl (C=O) groups excluding carboxylic acids is 7. The zero-order chi connectivity index (χ0) is 33.7. The Morgan fingerprint density at radius 2 is 1.64 bits per heavy atom. The van der Waals surface area contributed by atoms with Gasteiger partial charge in [0.15, 0.2) is 0 Å². The summed E-state index contributed by atoms with van der Waals surface area (Å²) in [6.07, 6.45) is 1.21. The van der Waals surface area contributed by atoms with Crippen LogP contribution in [-0.4, -0.2) is 90.3 Å². The second-order valence-corrected chi connectivity index (χ2v) is 12.0. The van der Waals surface area contributed by atoms with Crippen molar-refractivity contribution < 1.29 is 51.3 Å². The Hall–Kier alpha value is -4.84. The highest BCUT2D eigenvalue weighted by Gasteiger charge is 2.35. The molecule has 45 heavy (non-hydrogen) atoms. The molecule has 0 aliphatic carbocycles. The minimum atomic E-state index is -4.91. The molecule has 2 unspecified atom stereocenters. The number of amides is 7. The molecule has 1 aromatic carbocycles. The Morgan fingerprint density at radius 1 is 1.02 bits per heavy atom. The van der Waals surface area contributed by atoms with Crippen molar-refractivity contribution in [1.82, 2.24) is 20.9 Å². The number of urea groups is 1. The molecule has 1 aliphatic heterocycles. The number of benzene rings is 1. The highest BCUT2D eigenvalue weighted by molar-refractivity contribution is 7.86. The van der Waals surface area contributed by atoms with Crippen molar-refractivity contribution in [2.45, 2.75) is 57.1 Å². The van der Waals surface area contributed by atoms with Crippen LogP contribution < -0.4 is 27.0 Å². The first-order chi connectivity index (χ1) is 21.1. The van der Waals surface area contributed by atoms with E-state index in [0.717, 1.165) is 12.2 Å². The summed E-state index contributed by atoms with van der Waals surface area (Å²) in [6.45, 7) is 2.80. The van der Waals surface area contributed by atoms with Crippen LogP contribution in [0.4, 0.5) is 10.5 Å². The van der Waals surface area contributed by atoms with Crippen LogP contribution in [-0.2, 0) is 50.2 Å². The van der Waals surface area contributed by atoms with Gasteiger partial charge in [-0.15, -0.1) is 0 Å². The number of ether oxygens (including phenoxy) is 1. The molecular weight excluding hydrogens is 616 g/mol. The van der Waals surface area contributed by atoms with Gasteiger partial charge in [0.25, 0.3) is 28.4 Å². The number of hydrogen-bond acceptors (Lipinski definition) is 10. The second-order valence-electron chi connectivity index (χ2n) is 10.3. The highest BCUT2D eigenvalue weighted by atomic mass is 32.2. The normalized spacial score (nSPS) is 14.8. The molecule has 0 spiro atoms. The molecule has 2 rings (SSSR count). The predicted octanol–water partition coefficient (Wildman–Crippen LogP) is -1.06. The van der Waals surface area contributed by atoms with Gasteiger partial charge in [-0.2, -0.15) is 8.42 Å². The van der Waals surface area contributed by atoms with E-state index >= 15 is 0 Å². The number of rotatable bonds is 18. The summed E-state index contributed by atoms with van der Waals surface area (Å²) in [5, 5.41) is 8.12. The second kappa shape index (κ2) is 16.9. The third-order valence-electron chi connectivity index (χ3n) is 6.53. The van der Waals surface area contributed by atoms with Crippen molar-refractivity contribution in [1.29, 1.82) is 0 Å². The highest BCUT2D eigenvalue weighted by Crippen LogP contribution is 2.14. The summed E-state index contributed by atoms with van der Waals surface area (Å²) >= 11 is 0. The largest absolute Gasteiger partial charge is 0.463 e. The Bertz CT molecular complexity index is 1390. The molecule has 7 amide bonds. The third kappa shape index (κ3) is 12.0. The zero-order valence-electron chi connectivity index (χ0n) is 24.6. The summed E-state index contributed by atoms with van der Waals surface area (Å²) in [4.78, 5) is 85.0. The SMILES string of the molecule is CC(C)C(NC(=O)CC(CN1C(=O)C=CC1=O)S(=O)(=O)O)C(=O)N[C@@H](CCCNC(N)=O)C(=O)Nc1ccc(COC=O)cc1. The van der Waals surface area contributed by atoms with E-state index in [1.54, 1.807) is 38.1 Å². The predicted molar refractivity (Wildman–Crippen MR) is 157 cm³/mol. The first-order valence-electron chi connectivity index (χ1n) is 13.7. The lowest BCUT2D eigenvalue weighted by atomic mass is 10.0. The van der Waals surface area contributed by atoms with Crippen LogP contribution in [0.2, 0.25) is 0 Å². The average molecular weight is 653 g/mol. The maximum atomic E-state index is 13.3. The number of primary amides is 1. The molecule has 0 saturated carbocycles. The smallest absolute Gasteiger partial charge is 0.312 e. The molecule has 0 fully saturated rings. The van der Waals surface area contributed by atoms with Crippen LogP contribution in [0, 0.1) is 5.92 Å². The van der Waals surface area contributed by atoms with Gasteiger partial charge < -0.3 is 31.7 Å². The van der Waals surface area contributed by atoms with Gasteiger partial charge in [-0.3, -0.25) is 38.2 Å². The molecule has 7 N–H and O–H groups in total. The van der Waals surface area contributed by atoms with Crippen LogP contribution >= 0.6 is 0 Å². The molecular formula is C27H36N6O11S. The summed E-state index contributed by atoms with van der Waals surface area (Å²) in [5.74, 6) is -4.60. The van der Waals surface area contributed by atoms with Crippen molar-refractivity contribution in [2.75, 3.05) is 18.4 Å². The van der Waals surface area contributed by atoms with Crippen molar-refractivity contribution in [3.63, 3.8) is 0 Å². The van der Waals surface area contributed by atoms with Crippen molar-refractivity contribution in [3.8, 4) is 0 Å². The monoisotopic (exact) mass is 652 g/mol. The van der Waals surface area contributed by atoms with Gasteiger partial charge in [-0.1, -0.05) is 26.0 Å². The molecule has 18 heteroatoms. The number of nitrogens with two attached hydrogens (primary N) is 1. The Kier molecular flexibility index (Phi) is 13.6. The van der Waals surface area contributed by atoms with E-state index < -0.39 is 81.9 Å². The Morgan fingerprint density at radius 3 is 2.18 bits per heavy atom. The van der Waals surface area contributed by atoms with Gasteiger partial charge >= 0.3 is 6.03 Å². The topological polar surface area (TPSA) is 260 Å². The van der Waals surface area contributed by atoms with Crippen LogP contribution in [0.15, 0.2) is 36.4 Å². The lowest BCUT2D eigenvalue weighted by Crippen LogP contribution is -2.55. The van der Waals surface area contributed by atoms with Crippen LogP contribution in [0.3, 0.4) is 0 Å². The summed E-state index contributed by atoms with van der Waals surface area (Å²) < 4.78 is 38.2. The molecule has 246 valence electrons. The Balaban J connectivity index is 2.14. The number of hydrogen-bond donors (Lipinski definition) is 6. The van der Waals surface area contributed by atoms with E-state index in [1.165, 1.54) is 0 Å². The molecule has 0 radical (unpaired) electrons. The van der Waals surface area contributed by atoms with Gasteiger partial charge in [-0.05, 0) is 36.5 Å². The molecule has 0 saturated heterocycles. The molecule has 1 heterocycles. The fraction of sp³-hybridized carbons (Fsp3) is 0.444. The number of nitrogens with one attached hydrogen (secondary N) is 4. The number of nitrogens with zero attached hydrogens (tertiary/aromatic N) is 1. The van der Waals surface area contributed by atoms with E-state index in [4.69, 9.17) is 5.73 Å². The van der Waals surface area contributed by atoms with Gasteiger partial charge in [0, 0.05) is 37.3 Å². The van der Waals surface area contributed by atoms with E-state index in [1.807, 2.05) is 0 Å². The standard InChI is InChI=1S/C27H36N6O11S/c1-16(2)24(32-21(35)12-19(45(41,42)43)13-33-22(36)9-10-23(33)37)26(39)31-20(4-3-11-29-27(28)40)25(38)30-18-7-5-17(6-8-18)14-44-15-34/h5-10,15-16,19-20,24H,3-4,11-14H2,1-2H3,(H,30,38)(H,31,39)(H,32,35)(H3,28,29,40)(H,41,42,43)/t19?,20-,24?/m0/s1. The van der Waals surface area contributed by atoms with E-state index in [9.17, 15) is 46.5 Å². The minimum absolute atomic E-state index is 0.0300. The summed E-state index contributed by atoms with van der Waals surface area (Å²) in [7, 11) is -4.91. The van der Waals surface area contributed by atoms with Gasteiger partial charge in [0.1, 0.15) is 23.9 Å². The van der Waals surface area contributed by atoms with Crippen LogP contribution in [0.5, 0.6) is 0 Å². The maximum Gasteiger partial charge on any atom is 0.312 e. The molecule has 1 aromatic rings. The zero-order valence-corrected chi connectivity index (χ0v) is 25.4. The molecule has 0 bridgehead atoms.